The number of piperidine rings is 1. The van der Waals surface area contributed by atoms with Gasteiger partial charge < -0.3 is 38.1 Å². The molecule has 2 rings (SSSR count). The van der Waals surface area contributed by atoms with Crippen molar-refractivity contribution in [3.63, 3.8) is 0 Å². The number of halogens is 1. The Labute approximate surface area is 170 Å². The minimum absolute atomic E-state index is 0. The van der Waals surface area contributed by atoms with Crippen LogP contribution in [0.25, 0.3) is 0 Å². The second-order valence-corrected chi connectivity index (χ2v) is 7.82. The molecule has 25 heavy (non-hydrogen) atoms. The van der Waals surface area contributed by atoms with Crippen LogP contribution in [0.3, 0.4) is 0 Å². The van der Waals surface area contributed by atoms with Crippen LogP contribution in [0.2, 0.25) is 0 Å². The molecule has 0 bridgehead atoms. The normalized spacial score (nSPS) is 20.9. The highest BCUT2D eigenvalue weighted by Gasteiger charge is 2.33. The zero-order valence-corrected chi connectivity index (χ0v) is 18.1. The highest BCUT2D eigenvalue weighted by atomic mass is 127. The summed E-state index contributed by atoms with van der Waals surface area (Å²) in [5.41, 5.74) is 0. The number of carbonyl (C=O) groups is 2. The Morgan fingerprint density at radius 1 is 1.20 bits per heavy atom. The number of amides is 1. The number of hydrogen-bond donors (Lipinski definition) is 0. The number of likely N-dealkylation sites (tertiary alicyclic amines) is 2. The first-order valence-corrected chi connectivity index (χ1v) is 9.83. The average molecular weight is 466 g/mol. The number of quaternary nitrogens is 1. The second kappa shape index (κ2) is 11.4. The molecule has 2 aliphatic rings. The van der Waals surface area contributed by atoms with Gasteiger partial charge in [-0.15, -0.1) is 0 Å². The van der Waals surface area contributed by atoms with E-state index >= 15 is 0 Å². The summed E-state index contributed by atoms with van der Waals surface area (Å²) in [6.45, 7) is 6.66. The van der Waals surface area contributed by atoms with Gasteiger partial charge in [-0.3, -0.25) is 9.59 Å². The lowest BCUT2D eigenvalue weighted by atomic mass is 10.1. The third kappa shape index (κ3) is 7.81. The summed E-state index contributed by atoms with van der Waals surface area (Å²) in [5.74, 6) is 0.118. The SMILES string of the molecule is CCCCCC(=O)OC(CN1CCCC1=O)C[N+]1(C)CCCCC1.[I-]. The molecular weight excluding hydrogens is 431 g/mol. The average Bonchev–Trinajstić information content (AvgIpc) is 2.93. The summed E-state index contributed by atoms with van der Waals surface area (Å²) in [4.78, 5) is 26.0. The molecule has 1 atom stereocenters. The molecule has 0 aromatic heterocycles. The second-order valence-electron chi connectivity index (χ2n) is 7.82. The molecule has 0 aliphatic carbocycles. The summed E-state index contributed by atoms with van der Waals surface area (Å²) in [5, 5.41) is 0. The van der Waals surface area contributed by atoms with E-state index in [-0.39, 0.29) is 42.0 Å². The van der Waals surface area contributed by atoms with Crippen LogP contribution < -0.4 is 24.0 Å². The number of ether oxygens (including phenoxy) is 1. The van der Waals surface area contributed by atoms with Gasteiger partial charge in [0.1, 0.15) is 6.54 Å². The van der Waals surface area contributed by atoms with E-state index in [0.717, 1.165) is 56.3 Å². The molecule has 0 N–H and O–H groups in total. The van der Waals surface area contributed by atoms with E-state index in [1.165, 1.54) is 19.3 Å². The third-order valence-corrected chi connectivity index (χ3v) is 5.42. The van der Waals surface area contributed by atoms with Crippen molar-refractivity contribution in [2.75, 3.05) is 39.8 Å². The third-order valence-electron chi connectivity index (χ3n) is 5.42. The minimum Gasteiger partial charge on any atom is -1.00 e. The van der Waals surface area contributed by atoms with E-state index in [1.54, 1.807) is 0 Å². The lowest BCUT2D eigenvalue weighted by molar-refractivity contribution is -0.916. The maximum atomic E-state index is 12.2. The van der Waals surface area contributed by atoms with Crippen molar-refractivity contribution in [1.29, 1.82) is 0 Å². The largest absolute Gasteiger partial charge is 1.00 e. The van der Waals surface area contributed by atoms with Gasteiger partial charge in [0.25, 0.3) is 0 Å². The first kappa shape index (κ1) is 22.7. The molecule has 1 unspecified atom stereocenters. The van der Waals surface area contributed by atoms with Crippen LogP contribution in [0.1, 0.15) is 64.7 Å². The molecule has 0 spiro atoms. The van der Waals surface area contributed by atoms with E-state index in [1.807, 2.05) is 4.90 Å². The molecule has 6 heteroatoms. The molecule has 5 nitrogen and oxygen atoms in total. The molecule has 0 saturated carbocycles. The Balaban J connectivity index is 0.00000312. The van der Waals surface area contributed by atoms with Gasteiger partial charge >= 0.3 is 5.97 Å². The van der Waals surface area contributed by atoms with Crippen LogP contribution in [-0.4, -0.2) is 67.1 Å². The molecule has 146 valence electrons. The maximum Gasteiger partial charge on any atom is 0.306 e. The number of esters is 1. The quantitative estimate of drug-likeness (QED) is 0.204. The zero-order chi connectivity index (χ0) is 17.4. The summed E-state index contributed by atoms with van der Waals surface area (Å²) < 4.78 is 6.79. The molecule has 0 aromatic rings. The van der Waals surface area contributed by atoms with E-state index in [9.17, 15) is 9.59 Å². The van der Waals surface area contributed by atoms with Crippen molar-refractivity contribution in [2.45, 2.75) is 70.8 Å². The Kier molecular flexibility index (Phi) is 10.3. The smallest absolute Gasteiger partial charge is 0.306 e. The van der Waals surface area contributed by atoms with Gasteiger partial charge in [0.2, 0.25) is 5.91 Å². The van der Waals surface area contributed by atoms with E-state index < -0.39 is 0 Å². The van der Waals surface area contributed by atoms with Gasteiger partial charge in [-0.25, -0.2) is 0 Å². The number of rotatable bonds is 9. The fourth-order valence-corrected chi connectivity index (χ4v) is 3.99. The number of likely N-dealkylation sites (N-methyl/N-ethyl adjacent to an activating group) is 1. The van der Waals surface area contributed by atoms with Crippen LogP contribution in [0.4, 0.5) is 0 Å². The van der Waals surface area contributed by atoms with Crippen LogP contribution in [0.5, 0.6) is 0 Å². The monoisotopic (exact) mass is 466 g/mol. The van der Waals surface area contributed by atoms with Crippen molar-refractivity contribution in [3.05, 3.63) is 0 Å². The van der Waals surface area contributed by atoms with E-state index in [4.69, 9.17) is 4.74 Å². The van der Waals surface area contributed by atoms with Crippen LogP contribution in [0.15, 0.2) is 0 Å². The van der Waals surface area contributed by atoms with Crippen molar-refractivity contribution < 1.29 is 42.8 Å². The van der Waals surface area contributed by atoms with Gasteiger partial charge in [0.15, 0.2) is 6.10 Å². The Morgan fingerprint density at radius 2 is 1.92 bits per heavy atom. The Hall–Kier alpha value is -0.370. The summed E-state index contributed by atoms with van der Waals surface area (Å²) >= 11 is 0. The molecule has 2 heterocycles. The van der Waals surface area contributed by atoms with Gasteiger partial charge in [0.05, 0.1) is 26.7 Å². The van der Waals surface area contributed by atoms with Crippen molar-refractivity contribution in [3.8, 4) is 0 Å². The molecule has 0 radical (unpaired) electrons. The van der Waals surface area contributed by atoms with Crippen molar-refractivity contribution in [2.24, 2.45) is 0 Å². The van der Waals surface area contributed by atoms with E-state index in [0.29, 0.717) is 19.4 Å². The Morgan fingerprint density at radius 3 is 2.52 bits per heavy atom. The highest BCUT2D eigenvalue weighted by Crippen LogP contribution is 2.20. The molecule has 1 amide bonds. The molecule has 2 fully saturated rings. The number of nitrogens with zero attached hydrogens (tertiary/aromatic N) is 2. The standard InChI is InChI=1S/C19H35N2O3.HI/c1-3-4-6-11-19(23)24-17(15-20-12-9-10-18(20)22)16-21(2)13-7-5-8-14-21;/h17H,3-16H2,1-2H3;1H/q+1;/p-1. The fraction of sp³-hybridized carbons (Fsp3) is 0.895. The molecule has 0 aromatic carbocycles. The van der Waals surface area contributed by atoms with Gasteiger partial charge in [-0.1, -0.05) is 19.8 Å². The van der Waals surface area contributed by atoms with E-state index in [2.05, 4.69) is 14.0 Å². The van der Waals surface area contributed by atoms with Crippen LogP contribution in [-0.2, 0) is 14.3 Å². The first-order chi connectivity index (χ1) is 11.5. The topological polar surface area (TPSA) is 46.6 Å². The Bertz CT molecular complexity index is 425. The predicted octanol–water partition coefficient (Wildman–Crippen LogP) is -0.265. The van der Waals surface area contributed by atoms with Crippen molar-refractivity contribution >= 4 is 11.9 Å². The molecule has 2 aliphatic heterocycles. The number of hydrogen-bond acceptors (Lipinski definition) is 3. The van der Waals surface area contributed by atoms with Crippen LogP contribution in [0, 0.1) is 0 Å². The lowest BCUT2D eigenvalue weighted by Crippen LogP contribution is -3.00. The fourth-order valence-electron chi connectivity index (χ4n) is 3.99. The van der Waals surface area contributed by atoms with Gasteiger partial charge in [0, 0.05) is 19.4 Å². The lowest BCUT2D eigenvalue weighted by Gasteiger charge is -2.40. The molecular formula is C19H35IN2O3. The van der Waals surface area contributed by atoms with Crippen LogP contribution >= 0.6 is 0 Å². The highest BCUT2D eigenvalue weighted by molar-refractivity contribution is 5.78. The summed E-state index contributed by atoms with van der Waals surface area (Å²) in [6, 6.07) is 0. The first-order valence-electron chi connectivity index (χ1n) is 9.83. The number of unbranched alkanes of at least 4 members (excludes halogenated alkanes) is 2. The minimum atomic E-state index is -0.163. The summed E-state index contributed by atoms with van der Waals surface area (Å²) in [6.07, 6.45) is 8.78. The zero-order valence-electron chi connectivity index (χ0n) is 16.0. The maximum absolute atomic E-state index is 12.2. The summed E-state index contributed by atoms with van der Waals surface area (Å²) in [7, 11) is 2.27. The predicted molar refractivity (Wildman–Crippen MR) is 94.5 cm³/mol. The van der Waals surface area contributed by atoms with Gasteiger partial charge in [-0.05, 0) is 32.1 Å². The molecule has 2 saturated heterocycles. The number of carbonyl (C=O) groups excluding carboxylic acids is 2. The van der Waals surface area contributed by atoms with Gasteiger partial charge in [-0.2, -0.15) is 0 Å². The van der Waals surface area contributed by atoms with Crippen molar-refractivity contribution in [1.82, 2.24) is 4.90 Å².